The Morgan fingerprint density at radius 3 is 2.56 bits per heavy atom. The number of nitrogens with zero attached hydrogens (tertiary/aromatic N) is 1. The van der Waals surface area contributed by atoms with E-state index in [2.05, 4.69) is 4.40 Å². The minimum atomic E-state index is 0.304. The second-order valence-electron chi connectivity index (χ2n) is 1.97. The summed E-state index contributed by atoms with van der Waals surface area (Å²) in [6.07, 6.45) is 1.70. The van der Waals surface area contributed by atoms with Crippen LogP contribution >= 0.6 is 11.9 Å². The highest BCUT2D eigenvalue weighted by atomic mass is 32.2. The predicted octanol–water partition coefficient (Wildman–Crippen LogP) is 2.36. The molecule has 0 heterocycles. The quantitative estimate of drug-likeness (QED) is 0.360. The first kappa shape index (κ1) is 8.69. The van der Waals surface area contributed by atoms with Crippen LogP contribution < -0.4 is 0 Å². The van der Waals surface area contributed by atoms with Crippen molar-refractivity contribution in [1.82, 2.24) is 0 Å². The average molecular weight is 144 g/mol. The Balaban J connectivity index is 3.51. The van der Waals surface area contributed by atoms with Gasteiger partial charge < -0.3 is 0 Å². The fourth-order valence-electron chi connectivity index (χ4n) is 0.215. The lowest BCUT2D eigenvalue weighted by atomic mass is 10.2. The zero-order valence-corrected chi connectivity index (χ0v) is 6.83. The van der Waals surface area contributed by atoms with Gasteiger partial charge in [-0.2, -0.15) is 0 Å². The topological polar surface area (TPSA) is 36.2 Å². The second-order valence-corrected chi connectivity index (χ2v) is 2.81. The molecule has 0 saturated carbocycles. The summed E-state index contributed by atoms with van der Waals surface area (Å²) in [7, 11) is 0. The molecule has 0 unspecified atom stereocenters. The number of rotatable bonds is 2. The van der Waals surface area contributed by atoms with E-state index >= 15 is 0 Å². The SMILES string of the molecule is C/C=N\SC(=N)C(C)C. The van der Waals surface area contributed by atoms with Gasteiger partial charge in [0.05, 0.1) is 5.04 Å². The third-order valence-corrected chi connectivity index (χ3v) is 1.77. The van der Waals surface area contributed by atoms with Crippen LogP contribution in [0.25, 0.3) is 0 Å². The van der Waals surface area contributed by atoms with E-state index in [-0.39, 0.29) is 0 Å². The molecule has 0 rings (SSSR count). The third-order valence-electron chi connectivity index (χ3n) is 0.781. The Kier molecular flexibility index (Phi) is 4.40. The molecule has 0 fully saturated rings. The first-order valence-corrected chi connectivity index (χ1v) is 3.69. The zero-order chi connectivity index (χ0) is 7.28. The Morgan fingerprint density at radius 2 is 2.22 bits per heavy atom. The minimum absolute atomic E-state index is 0.304. The zero-order valence-electron chi connectivity index (χ0n) is 6.01. The molecule has 0 bridgehead atoms. The third kappa shape index (κ3) is 4.21. The van der Waals surface area contributed by atoms with Gasteiger partial charge in [-0.25, -0.2) is 4.40 Å². The van der Waals surface area contributed by atoms with Crippen LogP contribution in [0.5, 0.6) is 0 Å². The van der Waals surface area contributed by atoms with Gasteiger partial charge in [-0.05, 0) is 6.92 Å². The Labute approximate surface area is 60.4 Å². The van der Waals surface area contributed by atoms with E-state index in [9.17, 15) is 0 Å². The van der Waals surface area contributed by atoms with Gasteiger partial charge in [-0.1, -0.05) is 13.8 Å². The number of hydrogen-bond acceptors (Lipinski definition) is 3. The summed E-state index contributed by atoms with van der Waals surface area (Å²) in [6, 6.07) is 0. The van der Waals surface area contributed by atoms with Gasteiger partial charge in [-0.15, -0.1) is 0 Å². The molecule has 0 aromatic heterocycles. The molecule has 0 spiro atoms. The summed E-state index contributed by atoms with van der Waals surface area (Å²) >= 11 is 1.24. The van der Waals surface area contributed by atoms with Gasteiger partial charge in [0, 0.05) is 24.1 Å². The Bertz CT molecular complexity index is 118. The highest BCUT2D eigenvalue weighted by molar-refractivity contribution is 8.12. The molecule has 52 valence electrons. The van der Waals surface area contributed by atoms with Crippen molar-refractivity contribution in [2.24, 2.45) is 10.3 Å². The van der Waals surface area contributed by atoms with Crippen molar-refractivity contribution in [3.8, 4) is 0 Å². The van der Waals surface area contributed by atoms with Crippen LogP contribution in [-0.2, 0) is 0 Å². The maximum Gasteiger partial charge on any atom is 0.0894 e. The summed E-state index contributed by atoms with van der Waals surface area (Å²) in [5.74, 6) is 0.304. The van der Waals surface area contributed by atoms with E-state index in [1.54, 1.807) is 6.21 Å². The Morgan fingerprint density at radius 1 is 1.67 bits per heavy atom. The fourth-order valence-corrected chi connectivity index (χ4v) is 0.645. The van der Waals surface area contributed by atoms with Gasteiger partial charge >= 0.3 is 0 Å². The monoisotopic (exact) mass is 144 g/mol. The van der Waals surface area contributed by atoms with Crippen LogP contribution in [0, 0.1) is 11.3 Å². The van der Waals surface area contributed by atoms with Gasteiger partial charge in [0.25, 0.3) is 0 Å². The van der Waals surface area contributed by atoms with E-state index in [1.807, 2.05) is 20.8 Å². The maximum absolute atomic E-state index is 7.30. The first-order chi connectivity index (χ1) is 4.18. The largest absolute Gasteiger partial charge is 0.296 e. The van der Waals surface area contributed by atoms with E-state index in [0.29, 0.717) is 11.0 Å². The lowest BCUT2D eigenvalue weighted by Gasteiger charge is -1.99. The molecule has 0 atom stereocenters. The first-order valence-electron chi connectivity index (χ1n) is 2.92. The molecular weight excluding hydrogens is 132 g/mol. The normalized spacial score (nSPS) is 11.1. The summed E-state index contributed by atoms with van der Waals surface area (Å²) < 4.78 is 3.86. The molecule has 3 heteroatoms. The van der Waals surface area contributed by atoms with Gasteiger partial charge in [0.15, 0.2) is 0 Å². The molecule has 2 nitrogen and oxygen atoms in total. The molecule has 0 aromatic rings. The van der Waals surface area contributed by atoms with Gasteiger partial charge in [-0.3, -0.25) is 5.41 Å². The summed E-state index contributed by atoms with van der Waals surface area (Å²) in [5, 5.41) is 7.91. The van der Waals surface area contributed by atoms with Crippen molar-refractivity contribution in [2.75, 3.05) is 0 Å². The molecule has 1 N–H and O–H groups in total. The van der Waals surface area contributed by atoms with Crippen molar-refractivity contribution in [3.05, 3.63) is 0 Å². The van der Waals surface area contributed by atoms with Crippen LogP contribution in [0.4, 0.5) is 0 Å². The van der Waals surface area contributed by atoms with Crippen molar-refractivity contribution < 1.29 is 0 Å². The lowest BCUT2D eigenvalue weighted by Crippen LogP contribution is -1.98. The molecule has 0 aliphatic heterocycles. The van der Waals surface area contributed by atoms with E-state index in [1.165, 1.54) is 11.9 Å². The smallest absolute Gasteiger partial charge is 0.0894 e. The van der Waals surface area contributed by atoms with Crippen molar-refractivity contribution in [2.45, 2.75) is 20.8 Å². The van der Waals surface area contributed by atoms with E-state index < -0.39 is 0 Å². The maximum atomic E-state index is 7.30. The fraction of sp³-hybridized carbons (Fsp3) is 0.667. The molecule has 9 heavy (non-hydrogen) atoms. The summed E-state index contributed by atoms with van der Waals surface area (Å²) in [5.41, 5.74) is 0. The van der Waals surface area contributed by atoms with Crippen LogP contribution in [0.15, 0.2) is 4.40 Å². The van der Waals surface area contributed by atoms with Gasteiger partial charge in [0.1, 0.15) is 0 Å². The van der Waals surface area contributed by atoms with Crippen molar-refractivity contribution in [3.63, 3.8) is 0 Å². The predicted molar refractivity (Wildman–Crippen MR) is 44.3 cm³/mol. The average Bonchev–Trinajstić information content (AvgIpc) is 1.82. The van der Waals surface area contributed by atoms with Crippen LogP contribution in [0.2, 0.25) is 0 Å². The molecule has 0 aromatic carbocycles. The Hall–Kier alpha value is -0.310. The molecular formula is C6H12N2S. The molecule has 0 radical (unpaired) electrons. The standard InChI is InChI=1S/C6H12N2S/c1-4-8-9-6(7)5(2)3/h4-5,7H,1-3H3/b7-6?,8-4-. The highest BCUT2D eigenvalue weighted by Crippen LogP contribution is 2.10. The molecule has 0 saturated heterocycles. The van der Waals surface area contributed by atoms with Crippen molar-refractivity contribution >= 4 is 23.2 Å². The lowest BCUT2D eigenvalue weighted by molar-refractivity contribution is 0.894. The van der Waals surface area contributed by atoms with Crippen LogP contribution in [-0.4, -0.2) is 11.3 Å². The van der Waals surface area contributed by atoms with Crippen LogP contribution in [0.3, 0.4) is 0 Å². The summed E-state index contributed by atoms with van der Waals surface area (Å²) in [4.78, 5) is 0. The number of nitrogens with one attached hydrogen (secondary N) is 1. The van der Waals surface area contributed by atoms with Crippen LogP contribution in [0.1, 0.15) is 20.8 Å². The minimum Gasteiger partial charge on any atom is -0.296 e. The molecule has 0 aliphatic rings. The second kappa shape index (κ2) is 4.56. The van der Waals surface area contributed by atoms with E-state index in [0.717, 1.165) is 0 Å². The molecule has 0 amide bonds. The summed E-state index contributed by atoms with van der Waals surface area (Å²) in [6.45, 7) is 5.82. The van der Waals surface area contributed by atoms with Gasteiger partial charge in [0.2, 0.25) is 0 Å². The highest BCUT2D eigenvalue weighted by Gasteiger charge is 2.00. The van der Waals surface area contributed by atoms with E-state index in [4.69, 9.17) is 5.41 Å². The molecule has 0 aliphatic carbocycles. The van der Waals surface area contributed by atoms with Crippen molar-refractivity contribution in [1.29, 1.82) is 5.41 Å². The number of hydrogen-bond donors (Lipinski definition) is 1.